The van der Waals surface area contributed by atoms with Crippen LogP contribution in [0.1, 0.15) is 48.8 Å². The van der Waals surface area contributed by atoms with E-state index < -0.39 is 0 Å². The molecule has 3 rings (SSSR count). The molecule has 8 heteroatoms. The molecule has 3 heterocycles. The van der Waals surface area contributed by atoms with Crippen molar-refractivity contribution in [2.75, 3.05) is 18.4 Å². The Bertz CT molecular complexity index is 757. The van der Waals surface area contributed by atoms with E-state index in [4.69, 9.17) is 4.52 Å². The van der Waals surface area contributed by atoms with E-state index in [1.54, 1.807) is 4.68 Å². The fourth-order valence-electron chi connectivity index (χ4n) is 3.36. The van der Waals surface area contributed by atoms with Crippen LogP contribution in [0.4, 0.5) is 5.69 Å². The van der Waals surface area contributed by atoms with Crippen molar-refractivity contribution in [3.8, 4) is 0 Å². The summed E-state index contributed by atoms with van der Waals surface area (Å²) in [5.41, 5.74) is 2.62. The normalized spacial score (nSPS) is 17.6. The van der Waals surface area contributed by atoms with Crippen molar-refractivity contribution in [1.29, 1.82) is 0 Å². The summed E-state index contributed by atoms with van der Waals surface area (Å²) >= 11 is 0. The molecule has 0 aliphatic carbocycles. The molecule has 1 unspecified atom stereocenters. The molecule has 25 heavy (non-hydrogen) atoms. The molecule has 1 amide bonds. The molecule has 8 nitrogen and oxygen atoms in total. The molecule has 1 atom stereocenters. The second-order valence-corrected chi connectivity index (χ2v) is 6.82. The summed E-state index contributed by atoms with van der Waals surface area (Å²) in [6.45, 7) is 9.32. The molecule has 0 radical (unpaired) electrons. The number of hydrogen-bond donors (Lipinski definition) is 1. The Kier molecular flexibility index (Phi) is 4.89. The van der Waals surface area contributed by atoms with Crippen LogP contribution in [0.2, 0.25) is 0 Å². The molecule has 1 saturated heterocycles. The Morgan fingerprint density at radius 2 is 1.96 bits per heavy atom. The van der Waals surface area contributed by atoms with Gasteiger partial charge in [0.1, 0.15) is 0 Å². The van der Waals surface area contributed by atoms with Gasteiger partial charge in [0, 0.05) is 13.0 Å². The number of hydrogen-bond acceptors (Lipinski definition) is 6. The van der Waals surface area contributed by atoms with Gasteiger partial charge in [-0.15, -0.1) is 0 Å². The summed E-state index contributed by atoms with van der Waals surface area (Å²) in [5.74, 6) is 1.69. The van der Waals surface area contributed by atoms with Gasteiger partial charge in [-0.05, 0) is 53.6 Å². The maximum absolute atomic E-state index is 12.6. The Morgan fingerprint density at radius 1 is 1.28 bits per heavy atom. The minimum Gasteiger partial charge on any atom is -0.339 e. The van der Waals surface area contributed by atoms with Gasteiger partial charge in [0.15, 0.2) is 5.82 Å². The van der Waals surface area contributed by atoms with Crippen molar-refractivity contribution in [2.45, 2.75) is 52.5 Å². The Hall–Kier alpha value is -2.22. The first-order valence-electron chi connectivity index (χ1n) is 8.72. The van der Waals surface area contributed by atoms with Crippen molar-refractivity contribution in [3.05, 3.63) is 23.1 Å². The first-order valence-corrected chi connectivity index (χ1v) is 8.72. The van der Waals surface area contributed by atoms with Crippen LogP contribution in [-0.4, -0.2) is 49.9 Å². The Labute approximate surface area is 147 Å². The Morgan fingerprint density at radius 3 is 2.48 bits per heavy atom. The van der Waals surface area contributed by atoms with E-state index >= 15 is 0 Å². The van der Waals surface area contributed by atoms with Crippen LogP contribution in [0, 0.1) is 20.8 Å². The first-order chi connectivity index (χ1) is 11.9. The lowest BCUT2D eigenvalue weighted by molar-refractivity contribution is -0.121. The second-order valence-electron chi connectivity index (χ2n) is 6.82. The third kappa shape index (κ3) is 3.58. The van der Waals surface area contributed by atoms with Gasteiger partial charge in [0.05, 0.1) is 23.1 Å². The van der Waals surface area contributed by atoms with Gasteiger partial charge in [-0.25, -0.2) is 0 Å². The topological polar surface area (TPSA) is 89.1 Å². The molecule has 0 saturated carbocycles. The summed E-state index contributed by atoms with van der Waals surface area (Å²) in [5, 5.41) is 11.3. The van der Waals surface area contributed by atoms with E-state index in [1.807, 2.05) is 34.7 Å². The van der Waals surface area contributed by atoms with Crippen LogP contribution in [0.25, 0.3) is 0 Å². The number of nitrogens with one attached hydrogen (secondary N) is 1. The van der Waals surface area contributed by atoms with Gasteiger partial charge >= 0.3 is 0 Å². The number of rotatable bonds is 4. The van der Waals surface area contributed by atoms with Crippen molar-refractivity contribution < 1.29 is 9.32 Å². The number of aryl methyl sites for hydroxylation is 3. The van der Waals surface area contributed by atoms with E-state index in [2.05, 4.69) is 25.5 Å². The molecule has 1 fully saturated rings. The monoisotopic (exact) mass is 346 g/mol. The SMILES string of the molecule is Cc1noc(C2CCN(C(C)C(=O)Nc3c(C)nn(C)c3C)CC2)n1. The zero-order valence-electron chi connectivity index (χ0n) is 15.5. The van der Waals surface area contributed by atoms with Gasteiger partial charge in [-0.3, -0.25) is 14.4 Å². The maximum atomic E-state index is 12.6. The van der Waals surface area contributed by atoms with Crippen molar-refractivity contribution in [2.24, 2.45) is 7.05 Å². The highest BCUT2D eigenvalue weighted by Gasteiger charge is 2.30. The lowest BCUT2D eigenvalue weighted by Crippen LogP contribution is -2.45. The fraction of sp³-hybridized carbons (Fsp3) is 0.647. The molecule has 1 aliphatic heterocycles. The summed E-state index contributed by atoms with van der Waals surface area (Å²) in [6.07, 6.45) is 1.84. The van der Waals surface area contributed by atoms with Gasteiger partial charge in [-0.2, -0.15) is 10.1 Å². The second kappa shape index (κ2) is 6.95. The number of aromatic nitrogens is 4. The van der Waals surface area contributed by atoms with E-state index in [0.717, 1.165) is 48.9 Å². The number of piperidine rings is 1. The quantitative estimate of drug-likeness (QED) is 0.910. The highest BCUT2D eigenvalue weighted by molar-refractivity contribution is 5.95. The highest BCUT2D eigenvalue weighted by Crippen LogP contribution is 2.28. The van der Waals surface area contributed by atoms with Gasteiger partial charge in [-0.1, -0.05) is 5.16 Å². The minimum absolute atomic E-state index is 0.00582. The number of carbonyl (C=O) groups excluding carboxylic acids is 1. The maximum Gasteiger partial charge on any atom is 0.241 e. The smallest absolute Gasteiger partial charge is 0.241 e. The molecule has 2 aromatic rings. The van der Waals surface area contributed by atoms with Crippen LogP contribution in [0.3, 0.4) is 0 Å². The molecular weight excluding hydrogens is 320 g/mol. The standard InChI is InChI=1S/C17H26N6O2/c1-10-15(11(2)22(5)20-10)19-16(24)12(3)23-8-6-14(7-9-23)17-18-13(4)21-25-17/h12,14H,6-9H2,1-5H3,(H,19,24). The molecule has 1 aliphatic rings. The van der Waals surface area contributed by atoms with E-state index in [1.165, 1.54) is 0 Å². The van der Waals surface area contributed by atoms with Gasteiger partial charge in [0.2, 0.25) is 11.8 Å². The van der Waals surface area contributed by atoms with Crippen molar-refractivity contribution in [3.63, 3.8) is 0 Å². The zero-order valence-corrected chi connectivity index (χ0v) is 15.5. The summed E-state index contributed by atoms with van der Waals surface area (Å²) in [6, 6.07) is -0.190. The molecule has 0 spiro atoms. The highest BCUT2D eigenvalue weighted by atomic mass is 16.5. The number of likely N-dealkylation sites (tertiary alicyclic amines) is 1. The first kappa shape index (κ1) is 17.6. The van der Waals surface area contributed by atoms with Gasteiger partial charge < -0.3 is 9.84 Å². The van der Waals surface area contributed by atoms with Crippen LogP contribution in [0.15, 0.2) is 4.52 Å². The van der Waals surface area contributed by atoms with E-state index in [-0.39, 0.29) is 17.9 Å². The number of amides is 1. The zero-order chi connectivity index (χ0) is 18.1. The third-order valence-corrected chi connectivity index (χ3v) is 5.11. The number of anilines is 1. The predicted molar refractivity (Wildman–Crippen MR) is 93.4 cm³/mol. The summed E-state index contributed by atoms with van der Waals surface area (Å²) in [7, 11) is 1.88. The van der Waals surface area contributed by atoms with E-state index in [0.29, 0.717) is 5.82 Å². The molecule has 1 N–H and O–H groups in total. The lowest BCUT2D eigenvalue weighted by Gasteiger charge is -2.34. The average Bonchev–Trinajstić information content (AvgIpc) is 3.13. The molecule has 2 aromatic heterocycles. The molecular formula is C17H26N6O2. The number of carbonyl (C=O) groups is 1. The molecule has 0 bridgehead atoms. The average molecular weight is 346 g/mol. The number of nitrogens with zero attached hydrogens (tertiary/aromatic N) is 5. The van der Waals surface area contributed by atoms with E-state index in [9.17, 15) is 4.79 Å². The van der Waals surface area contributed by atoms with Crippen LogP contribution < -0.4 is 5.32 Å². The summed E-state index contributed by atoms with van der Waals surface area (Å²) in [4.78, 5) is 19.2. The van der Waals surface area contributed by atoms with Crippen LogP contribution in [0.5, 0.6) is 0 Å². The van der Waals surface area contributed by atoms with Crippen molar-refractivity contribution >= 4 is 11.6 Å². The lowest BCUT2D eigenvalue weighted by atomic mass is 9.95. The third-order valence-electron chi connectivity index (χ3n) is 5.11. The largest absolute Gasteiger partial charge is 0.339 e. The van der Waals surface area contributed by atoms with Crippen molar-refractivity contribution in [1.82, 2.24) is 24.8 Å². The van der Waals surface area contributed by atoms with Gasteiger partial charge in [0.25, 0.3) is 0 Å². The molecule has 0 aromatic carbocycles. The summed E-state index contributed by atoms with van der Waals surface area (Å²) < 4.78 is 7.07. The fourth-order valence-corrected chi connectivity index (χ4v) is 3.36. The van der Waals surface area contributed by atoms with Crippen LogP contribution >= 0.6 is 0 Å². The minimum atomic E-state index is -0.190. The Balaban J connectivity index is 1.58. The predicted octanol–water partition coefficient (Wildman–Crippen LogP) is 1.93. The molecule has 136 valence electrons. The van der Waals surface area contributed by atoms with Crippen LogP contribution in [-0.2, 0) is 11.8 Å².